The van der Waals surface area contributed by atoms with Crippen molar-refractivity contribution in [1.82, 2.24) is 14.9 Å². The Hall–Kier alpha value is -2.59. The molecule has 0 fully saturated rings. The molecule has 2 heterocycles. The van der Waals surface area contributed by atoms with E-state index in [2.05, 4.69) is 14.9 Å². The topological polar surface area (TPSA) is 78.2 Å². The maximum Gasteiger partial charge on any atom is 0.471 e. The number of nitrogens with zero attached hydrogens (tertiary/aromatic N) is 3. The Bertz CT molecular complexity index is 1200. The summed E-state index contributed by atoms with van der Waals surface area (Å²) in [5.41, 5.74) is 9.51. The van der Waals surface area contributed by atoms with Crippen LogP contribution in [0.15, 0.2) is 48.9 Å². The Morgan fingerprint density at radius 2 is 2.09 bits per heavy atom. The maximum absolute atomic E-state index is 13.5. The number of likely N-dealkylation sites (N-methyl/N-ethyl adjacent to an activating group) is 1. The molecule has 2 aromatic carbocycles. The molecule has 4 rings (SSSR count). The average molecular weight is 526 g/mol. The number of carbonyl (C=O) groups is 1. The molecule has 186 valence electrons. The van der Waals surface area contributed by atoms with Crippen molar-refractivity contribution in [2.45, 2.75) is 31.1 Å². The lowest BCUT2D eigenvalue weighted by molar-refractivity contribution is -0.170. The van der Waals surface area contributed by atoms with Crippen LogP contribution in [0.25, 0.3) is 0 Å². The summed E-state index contributed by atoms with van der Waals surface area (Å²) in [6.07, 6.45) is -1.81. The summed E-state index contributed by atoms with van der Waals surface area (Å²) in [4.78, 5) is 22.0. The average Bonchev–Trinajstić information content (AvgIpc) is 3.29. The van der Waals surface area contributed by atoms with Crippen LogP contribution in [0.4, 0.5) is 18.9 Å². The van der Waals surface area contributed by atoms with Crippen molar-refractivity contribution in [2.24, 2.45) is 5.73 Å². The largest absolute Gasteiger partial charge is 0.471 e. The van der Waals surface area contributed by atoms with Crippen LogP contribution in [-0.4, -0.2) is 53.1 Å². The second-order valence-corrected chi connectivity index (χ2v) is 9.60. The van der Waals surface area contributed by atoms with Crippen LogP contribution in [0.5, 0.6) is 0 Å². The lowest BCUT2D eigenvalue weighted by atomic mass is 9.84. The molecule has 1 unspecified atom stereocenters. The van der Waals surface area contributed by atoms with Crippen LogP contribution in [0.3, 0.4) is 0 Å². The van der Waals surface area contributed by atoms with Crippen LogP contribution in [0.1, 0.15) is 28.3 Å². The van der Waals surface area contributed by atoms with E-state index in [1.807, 2.05) is 19.2 Å². The van der Waals surface area contributed by atoms with Crippen LogP contribution in [0, 0.1) is 0 Å². The number of amides is 1. The second-order valence-electron chi connectivity index (χ2n) is 8.75. The molecule has 35 heavy (non-hydrogen) atoms. The van der Waals surface area contributed by atoms with Crippen LogP contribution in [0.2, 0.25) is 10.0 Å². The molecule has 11 heteroatoms. The summed E-state index contributed by atoms with van der Waals surface area (Å²) < 4.78 is 40.6. The fraction of sp³-hybridized carbons (Fsp3) is 0.333. The zero-order valence-electron chi connectivity index (χ0n) is 18.8. The van der Waals surface area contributed by atoms with E-state index in [4.69, 9.17) is 28.9 Å². The van der Waals surface area contributed by atoms with E-state index in [1.165, 1.54) is 12.4 Å². The van der Waals surface area contributed by atoms with Gasteiger partial charge in [0.1, 0.15) is 0 Å². The van der Waals surface area contributed by atoms with E-state index in [1.54, 1.807) is 24.4 Å². The molecule has 0 saturated carbocycles. The lowest BCUT2D eigenvalue weighted by Crippen LogP contribution is -2.47. The summed E-state index contributed by atoms with van der Waals surface area (Å²) in [6, 6.07) is 9.33. The number of halogens is 5. The van der Waals surface area contributed by atoms with Gasteiger partial charge in [-0.05, 0) is 48.0 Å². The smallest absolute Gasteiger partial charge is 0.348 e. The van der Waals surface area contributed by atoms with E-state index in [-0.39, 0.29) is 24.6 Å². The normalized spacial score (nSPS) is 17.2. The Morgan fingerprint density at radius 3 is 2.77 bits per heavy atom. The number of carbonyl (C=O) groups excluding carboxylic acids is 1. The number of H-pyrrole nitrogens is 1. The number of hydrogen-bond acceptors (Lipinski definition) is 4. The fourth-order valence-corrected chi connectivity index (χ4v) is 5.05. The third kappa shape index (κ3) is 5.81. The first-order valence-electron chi connectivity index (χ1n) is 10.9. The van der Waals surface area contributed by atoms with E-state index in [0.717, 1.165) is 16.7 Å². The lowest BCUT2D eigenvalue weighted by Gasteiger charge is -2.34. The number of imidazole rings is 1. The highest BCUT2D eigenvalue weighted by Crippen LogP contribution is 2.39. The molecule has 1 aliphatic rings. The highest BCUT2D eigenvalue weighted by Gasteiger charge is 2.43. The van der Waals surface area contributed by atoms with Gasteiger partial charge in [-0.2, -0.15) is 13.2 Å². The molecule has 0 bridgehead atoms. The number of anilines is 1. The van der Waals surface area contributed by atoms with Gasteiger partial charge in [-0.1, -0.05) is 35.3 Å². The number of aromatic nitrogens is 2. The monoisotopic (exact) mass is 525 g/mol. The minimum absolute atomic E-state index is 0.118. The molecule has 1 aliphatic heterocycles. The van der Waals surface area contributed by atoms with E-state index < -0.39 is 18.1 Å². The van der Waals surface area contributed by atoms with Crippen LogP contribution >= 0.6 is 23.2 Å². The number of benzene rings is 2. The molecule has 0 spiro atoms. The Kier molecular flexibility index (Phi) is 7.42. The van der Waals surface area contributed by atoms with Crippen LogP contribution < -0.4 is 10.6 Å². The van der Waals surface area contributed by atoms with Gasteiger partial charge in [0.05, 0.1) is 6.33 Å². The quantitative estimate of drug-likeness (QED) is 0.486. The SMILES string of the molecule is CN1Cc2c(Cl)cc(Cl)cc2C(c2cccc(N(C[C@@H](N)Cc3cnc[nH]3)C(=O)C(F)(F)F)c2)C1. The fourth-order valence-electron chi connectivity index (χ4n) is 4.48. The molecule has 1 aromatic heterocycles. The molecule has 2 atom stereocenters. The zero-order chi connectivity index (χ0) is 25.3. The molecular formula is C24H24Cl2F3N5O. The van der Waals surface area contributed by atoms with Gasteiger partial charge in [0.15, 0.2) is 0 Å². The zero-order valence-corrected chi connectivity index (χ0v) is 20.3. The number of fused-ring (bicyclic) bond motifs is 1. The predicted molar refractivity (Wildman–Crippen MR) is 130 cm³/mol. The Morgan fingerprint density at radius 1 is 1.31 bits per heavy atom. The van der Waals surface area contributed by atoms with E-state index >= 15 is 0 Å². The molecule has 0 saturated heterocycles. The van der Waals surface area contributed by atoms with Crippen molar-refractivity contribution in [3.05, 3.63) is 81.4 Å². The first-order valence-corrected chi connectivity index (χ1v) is 11.7. The summed E-state index contributed by atoms with van der Waals surface area (Å²) in [6.45, 7) is 0.919. The van der Waals surface area contributed by atoms with Crippen molar-refractivity contribution in [3.63, 3.8) is 0 Å². The summed E-state index contributed by atoms with van der Waals surface area (Å²) >= 11 is 12.7. The third-order valence-electron chi connectivity index (χ3n) is 6.02. The van der Waals surface area contributed by atoms with Gasteiger partial charge in [0.25, 0.3) is 0 Å². The Balaban J connectivity index is 1.69. The molecule has 0 aliphatic carbocycles. The highest BCUT2D eigenvalue weighted by atomic mass is 35.5. The number of aromatic amines is 1. The Labute approximate surface area is 210 Å². The first-order chi connectivity index (χ1) is 16.5. The maximum atomic E-state index is 13.5. The van der Waals surface area contributed by atoms with Crippen LogP contribution in [-0.2, 0) is 17.8 Å². The van der Waals surface area contributed by atoms with Crippen molar-refractivity contribution in [1.29, 1.82) is 0 Å². The van der Waals surface area contributed by atoms with Crippen molar-refractivity contribution in [2.75, 3.05) is 25.0 Å². The van der Waals surface area contributed by atoms with Crippen molar-refractivity contribution < 1.29 is 18.0 Å². The van der Waals surface area contributed by atoms with Crippen molar-refractivity contribution >= 4 is 34.8 Å². The summed E-state index contributed by atoms with van der Waals surface area (Å²) in [5.74, 6) is -2.16. The third-order valence-corrected chi connectivity index (χ3v) is 6.57. The molecule has 0 radical (unpaired) electrons. The number of rotatable bonds is 6. The van der Waals surface area contributed by atoms with Gasteiger partial charge in [0.2, 0.25) is 0 Å². The molecule has 3 N–H and O–H groups in total. The van der Waals surface area contributed by atoms with Gasteiger partial charge >= 0.3 is 12.1 Å². The van der Waals surface area contributed by atoms with Gasteiger partial charge < -0.3 is 20.5 Å². The number of nitrogens with two attached hydrogens (primary N) is 1. The standard InChI is InChI=1S/C24H24Cl2F3N5O/c1-33-11-20(19-6-15(25)7-22(26)21(19)12-33)14-3-2-4-18(5-14)34(23(35)24(27,28)29)10-16(30)8-17-9-31-13-32-17/h2-7,9,13,16,20H,8,10-12,30H2,1H3,(H,31,32)/t16-,20?/m0/s1. The second kappa shape index (κ2) is 10.2. The van der Waals surface area contributed by atoms with Crippen molar-refractivity contribution in [3.8, 4) is 0 Å². The first kappa shape index (κ1) is 25.5. The number of hydrogen-bond donors (Lipinski definition) is 2. The minimum atomic E-state index is -5.05. The molecular weight excluding hydrogens is 502 g/mol. The van der Waals surface area contributed by atoms with Gasteiger partial charge in [-0.25, -0.2) is 4.98 Å². The van der Waals surface area contributed by atoms with Gasteiger partial charge in [-0.3, -0.25) is 4.79 Å². The van der Waals surface area contributed by atoms with E-state index in [9.17, 15) is 18.0 Å². The molecule has 3 aromatic rings. The molecule has 1 amide bonds. The molecule has 6 nitrogen and oxygen atoms in total. The predicted octanol–water partition coefficient (Wildman–Crippen LogP) is 4.76. The number of alkyl halides is 3. The summed E-state index contributed by atoms with van der Waals surface area (Å²) in [7, 11) is 1.94. The summed E-state index contributed by atoms with van der Waals surface area (Å²) in [5, 5.41) is 1.02. The minimum Gasteiger partial charge on any atom is -0.348 e. The van der Waals surface area contributed by atoms with E-state index in [0.29, 0.717) is 33.7 Å². The van der Waals surface area contributed by atoms with Gasteiger partial charge in [0, 0.05) is 65.6 Å². The number of nitrogens with one attached hydrogen (secondary N) is 1. The van der Waals surface area contributed by atoms with Gasteiger partial charge in [-0.15, -0.1) is 0 Å². The highest BCUT2D eigenvalue weighted by molar-refractivity contribution is 6.35.